The molecule has 2 saturated heterocycles. The smallest absolute Gasteiger partial charge is 0.274 e. The van der Waals surface area contributed by atoms with E-state index in [1.165, 1.54) is 11.1 Å². The molecule has 0 N–H and O–H groups in total. The van der Waals surface area contributed by atoms with Gasteiger partial charge in [0.25, 0.3) is 5.91 Å². The summed E-state index contributed by atoms with van der Waals surface area (Å²) in [6.45, 7) is 6.04. The van der Waals surface area contributed by atoms with Crippen molar-refractivity contribution in [3.05, 3.63) is 59.7 Å². The molecule has 3 atom stereocenters. The zero-order valence-corrected chi connectivity index (χ0v) is 14.8. The number of aromatic nitrogens is 2. The molecule has 4 rings (SSSR count). The Balaban J connectivity index is 1.53. The summed E-state index contributed by atoms with van der Waals surface area (Å²) in [7, 11) is 0. The normalized spacial score (nSPS) is 24.3. The van der Waals surface area contributed by atoms with Gasteiger partial charge in [0.05, 0.1) is 6.20 Å². The fraction of sp³-hybridized carbons (Fsp3) is 0.450. The van der Waals surface area contributed by atoms with Gasteiger partial charge >= 0.3 is 0 Å². The molecular weight excluding hydrogens is 312 g/mol. The largest absolute Gasteiger partial charge is 0.334 e. The van der Waals surface area contributed by atoms with E-state index in [4.69, 9.17) is 0 Å². The molecule has 25 heavy (non-hydrogen) atoms. The average molecular weight is 336 g/mol. The van der Waals surface area contributed by atoms with Crippen LogP contribution in [0.15, 0.2) is 42.9 Å². The van der Waals surface area contributed by atoms with Gasteiger partial charge in [0.2, 0.25) is 0 Å². The number of amides is 1. The molecule has 130 valence electrons. The van der Waals surface area contributed by atoms with Gasteiger partial charge in [-0.05, 0) is 37.8 Å². The number of carbonyl (C=O) groups is 1. The van der Waals surface area contributed by atoms with Gasteiger partial charge in [-0.25, -0.2) is 4.98 Å². The second-order valence-corrected chi connectivity index (χ2v) is 7.17. The highest BCUT2D eigenvalue weighted by molar-refractivity contribution is 5.92. The van der Waals surface area contributed by atoms with Crippen molar-refractivity contribution in [3.63, 3.8) is 0 Å². The fourth-order valence-electron chi connectivity index (χ4n) is 4.52. The Morgan fingerprint density at radius 1 is 1.16 bits per heavy atom. The van der Waals surface area contributed by atoms with Crippen molar-refractivity contribution in [2.75, 3.05) is 13.1 Å². The fourth-order valence-corrected chi connectivity index (χ4v) is 4.52. The Labute approximate surface area is 148 Å². The highest BCUT2D eigenvalue weighted by Gasteiger charge is 2.44. The van der Waals surface area contributed by atoms with E-state index < -0.39 is 0 Å². The van der Waals surface area contributed by atoms with Crippen LogP contribution in [0.3, 0.4) is 0 Å². The Bertz CT molecular complexity index is 749. The number of piperazine rings is 1. The number of hydrogen-bond donors (Lipinski definition) is 0. The molecule has 2 fully saturated rings. The number of rotatable bonds is 3. The van der Waals surface area contributed by atoms with Crippen LogP contribution < -0.4 is 0 Å². The second kappa shape index (κ2) is 6.56. The molecule has 3 heterocycles. The lowest BCUT2D eigenvalue weighted by molar-refractivity contribution is 0.0297. The number of hydrogen-bond acceptors (Lipinski definition) is 4. The van der Waals surface area contributed by atoms with Crippen LogP contribution in [0.25, 0.3) is 0 Å². The molecule has 0 radical (unpaired) electrons. The van der Waals surface area contributed by atoms with Crippen LogP contribution in [0.5, 0.6) is 0 Å². The summed E-state index contributed by atoms with van der Waals surface area (Å²) in [5.74, 6) is 0.00759. The Morgan fingerprint density at radius 2 is 1.88 bits per heavy atom. The molecule has 5 heteroatoms. The van der Waals surface area contributed by atoms with E-state index in [1.54, 1.807) is 18.6 Å². The van der Waals surface area contributed by atoms with Gasteiger partial charge < -0.3 is 4.90 Å². The first-order chi connectivity index (χ1) is 12.1. The summed E-state index contributed by atoms with van der Waals surface area (Å²) in [5.41, 5.74) is 3.18. The third-order valence-corrected chi connectivity index (χ3v) is 5.69. The maximum absolute atomic E-state index is 12.7. The molecule has 3 unspecified atom stereocenters. The number of fused-ring (bicyclic) bond motifs is 2. The minimum Gasteiger partial charge on any atom is -0.334 e. The summed E-state index contributed by atoms with van der Waals surface area (Å²) in [6.07, 6.45) is 7.06. The third kappa shape index (κ3) is 2.93. The van der Waals surface area contributed by atoms with Gasteiger partial charge in [-0.2, -0.15) is 0 Å². The number of carbonyl (C=O) groups excluding carboxylic acids is 1. The molecular formula is C20H24N4O. The van der Waals surface area contributed by atoms with Crippen molar-refractivity contribution in [1.82, 2.24) is 19.8 Å². The van der Waals surface area contributed by atoms with E-state index in [0.29, 0.717) is 23.8 Å². The second-order valence-electron chi connectivity index (χ2n) is 7.17. The summed E-state index contributed by atoms with van der Waals surface area (Å²) < 4.78 is 0. The van der Waals surface area contributed by atoms with Crippen LogP contribution >= 0.6 is 0 Å². The minimum atomic E-state index is 0.00759. The highest BCUT2D eigenvalue weighted by Crippen LogP contribution is 2.38. The van der Waals surface area contributed by atoms with E-state index in [9.17, 15) is 4.79 Å². The number of likely N-dealkylation sites (tertiary alicyclic amines) is 1. The maximum atomic E-state index is 12.7. The zero-order valence-electron chi connectivity index (χ0n) is 14.8. The van der Waals surface area contributed by atoms with Crippen molar-refractivity contribution in [2.45, 2.75) is 44.8 Å². The van der Waals surface area contributed by atoms with Crippen LogP contribution in [0, 0.1) is 6.92 Å². The van der Waals surface area contributed by atoms with Crippen molar-refractivity contribution in [1.29, 1.82) is 0 Å². The standard InChI is InChI=1S/C20H24N4O/c1-14-5-3-4-6-18(14)15(2)24-16-7-8-17(24)13-23(12-16)20(25)19-11-21-9-10-22-19/h3-6,9-11,15-17H,7-8,12-13H2,1-2H3. The van der Waals surface area contributed by atoms with E-state index in [-0.39, 0.29) is 5.91 Å². The third-order valence-electron chi connectivity index (χ3n) is 5.69. The van der Waals surface area contributed by atoms with E-state index >= 15 is 0 Å². The molecule has 0 aliphatic carbocycles. The maximum Gasteiger partial charge on any atom is 0.274 e. The predicted octanol–water partition coefficient (Wildman–Crippen LogP) is 2.84. The Morgan fingerprint density at radius 3 is 2.52 bits per heavy atom. The lowest BCUT2D eigenvalue weighted by atomic mass is 9.98. The molecule has 0 saturated carbocycles. The zero-order chi connectivity index (χ0) is 17.4. The highest BCUT2D eigenvalue weighted by atomic mass is 16.2. The molecule has 2 aliphatic heterocycles. The molecule has 2 bridgehead atoms. The van der Waals surface area contributed by atoms with Gasteiger partial charge in [0.15, 0.2) is 0 Å². The summed E-state index contributed by atoms with van der Waals surface area (Å²) in [6, 6.07) is 9.86. The monoisotopic (exact) mass is 336 g/mol. The number of aryl methyl sites for hydroxylation is 1. The lowest BCUT2D eigenvalue weighted by Crippen LogP contribution is -2.55. The van der Waals surface area contributed by atoms with Crippen molar-refractivity contribution >= 4 is 5.91 Å². The first kappa shape index (κ1) is 16.2. The van der Waals surface area contributed by atoms with Crippen LogP contribution in [-0.4, -0.2) is 50.8 Å². The average Bonchev–Trinajstić information content (AvgIpc) is 2.91. The Kier molecular flexibility index (Phi) is 4.25. The molecule has 2 aromatic rings. The van der Waals surface area contributed by atoms with Gasteiger partial charge in [-0.15, -0.1) is 0 Å². The van der Waals surface area contributed by atoms with Crippen LogP contribution in [-0.2, 0) is 0 Å². The van der Waals surface area contributed by atoms with Crippen LogP contribution in [0.1, 0.15) is 47.4 Å². The van der Waals surface area contributed by atoms with Crippen molar-refractivity contribution in [2.24, 2.45) is 0 Å². The van der Waals surface area contributed by atoms with Crippen molar-refractivity contribution in [3.8, 4) is 0 Å². The lowest BCUT2D eigenvalue weighted by Gasteiger charge is -2.44. The predicted molar refractivity (Wildman–Crippen MR) is 96.2 cm³/mol. The van der Waals surface area contributed by atoms with Gasteiger partial charge in [0, 0.05) is 43.6 Å². The van der Waals surface area contributed by atoms with Gasteiger partial charge in [-0.3, -0.25) is 14.7 Å². The first-order valence-electron chi connectivity index (χ1n) is 9.03. The first-order valence-corrected chi connectivity index (χ1v) is 9.03. The number of benzene rings is 1. The van der Waals surface area contributed by atoms with E-state index in [0.717, 1.165) is 25.9 Å². The van der Waals surface area contributed by atoms with Gasteiger partial charge in [-0.1, -0.05) is 24.3 Å². The Hall–Kier alpha value is -2.27. The summed E-state index contributed by atoms with van der Waals surface area (Å²) in [5, 5.41) is 0. The molecule has 0 spiro atoms. The molecule has 1 amide bonds. The van der Waals surface area contributed by atoms with E-state index in [2.05, 4.69) is 53.0 Å². The van der Waals surface area contributed by atoms with Crippen molar-refractivity contribution < 1.29 is 4.79 Å². The summed E-state index contributed by atoms with van der Waals surface area (Å²) in [4.78, 5) is 25.5. The topological polar surface area (TPSA) is 49.3 Å². The molecule has 1 aromatic heterocycles. The molecule has 2 aliphatic rings. The van der Waals surface area contributed by atoms with Crippen LogP contribution in [0.2, 0.25) is 0 Å². The molecule has 1 aromatic carbocycles. The summed E-state index contributed by atoms with van der Waals surface area (Å²) >= 11 is 0. The van der Waals surface area contributed by atoms with E-state index in [1.807, 2.05) is 4.90 Å². The van der Waals surface area contributed by atoms with Crippen LogP contribution in [0.4, 0.5) is 0 Å². The minimum absolute atomic E-state index is 0.00759. The molecule has 5 nitrogen and oxygen atoms in total. The number of nitrogens with zero attached hydrogens (tertiary/aromatic N) is 4. The van der Waals surface area contributed by atoms with Gasteiger partial charge in [0.1, 0.15) is 5.69 Å². The SMILES string of the molecule is Cc1ccccc1C(C)N1C2CCC1CN(C(=O)c1cnccn1)C2. The quantitative estimate of drug-likeness (QED) is 0.865.